The van der Waals surface area contributed by atoms with E-state index in [1.165, 1.54) is 4.88 Å². The molecule has 0 spiro atoms. The number of aryl methyl sites for hydroxylation is 1. The minimum absolute atomic E-state index is 0.103. The summed E-state index contributed by atoms with van der Waals surface area (Å²) in [6.07, 6.45) is 2.15. The van der Waals surface area contributed by atoms with E-state index in [1.54, 1.807) is 11.3 Å². The number of thiophene rings is 1. The fourth-order valence-corrected chi connectivity index (χ4v) is 3.08. The van der Waals surface area contributed by atoms with Crippen LogP contribution in [0.3, 0.4) is 0 Å². The maximum atomic E-state index is 11.8. The van der Waals surface area contributed by atoms with Gasteiger partial charge in [0.2, 0.25) is 5.91 Å². The molecular formula is C17H19NO3S. The van der Waals surface area contributed by atoms with Crippen LogP contribution >= 0.6 is 11.3 Å². The molecule has 0 fully saturated rings. The number of fused-ring (bicyclic) bond motifs is 1. The molecule has 1 aliphatic rings. The average molecular weight is 317 g/mol. The Morgan fingerprint density at radius 3 is 2.82 bits per heavy atom. The molecule has 0 unspecified atom stereocenters. The number of hydrogen-bond acceptors (Lipinski definition) is 4. The Morgan fingerprint density at radius 2 is 2.00 bits per heavy atom. The van der Waals surface area contributed by atoms with Crippen molar-refractivity contribution in [1.29, 1.82) is 0 Å². The summed E-state index contributed by atoms with van der Waals surface area (Å²) in [5.74, 6) is 1.70. The summed E-state index contributed by atoms with van der Waals surface area (Å²) >= 11 is 1.69. The summed E-state index contributed by atoms with van der Waals surface area (Å²) in [6, 6.07) is 10.0. The van der Waals surface area contributed by atoms with Gasteiger partial charge in [-0.05, 0) is 42.0 Å². The van der Waals surface area contributed by atoms with Crippen molar-refractivity contribution in [3.05, 3.63) is 46.2 Å². The first kappa shape index (κ1) is 14.9. The summed E-state index contributed by atoms with van der Waals surface area (Å²) in [7, 11) is 0. The summed E-state index contributed by atoms with van der Waals surface area (Å²) in [4.78, 5) is 13.1. The molecule has 0 atom stereocenters. The third kappa shape index (κ3) is 4.01. The number of nitrogens with one attached hydrogen (secondary N) is 1. The fourth-order valence-electron chi connectivity index (χ4n) is 2.37. The van der Waals surface area contributed by atoms with Gasteiger partial charge in [0.05, 0.1) is 0 Å². The van der Waals surface area contributed by atoms with Crippen molar-refractivity contribution in [1.82, 2.24) is 5.32 Å². The van der Waals surface area contributed by atoms with Gasteiger partial charge in [0, 0.05) is 17.8 Å². The molecule has 1 N–H and O–H groups in total. The largest absolute Gasteiger partial charge is 0.486 e. The van der Waals surface area contributed by atoms with Gasteiger partial charge in [0.1, 0.15) is 13.2 Å². The van der Waals surface area contributed by atoms with E-state index < -0.39 is 0 Å². The smallest absolute Gasteiger partial charge is 0.220 e. The number of ether oxygens (including phenoxy) is 2. The minimum atomic E-state index is 0.103. The number of carbonyl (C=O) groups is 1. The Labute approximate surface area is 134 Å². The summed E-state index contributed by atoms with van der Waals surface area (Å²) in [5.41, 5.74) is 1.14. The summed E-state index contributed by atoms with van der Waals surface area (Å²) in [6.45, 7) is 1.84. The van der Waals surface area contributed by atoms with Crippen LogP contribution in [0.25, 0.3) is 0 Å². The molecule has 5 heteroatoms. The summed E-state index contributed by atoms with van der Waals surface area (Å²) in [5, 5.41) is 5.00. The van der Waals surface area contributed by atoms with E-state index >= 15 is 0 Å². The number of carbonyl (C=O) groups excluding carboxylic acids is 1. The Hall–Kier alpha value is -2.01. The second-order valence-corrected chi connectivity index (χ2v) is 6.19. The molecule has 1 aliphatic heterocycles. The van der Waals surface area contributed by atoms with Gasteiger partial charge in [-0.25, -0.2) is 0 Å². The molecule has 116 valence electrons. The highest BCUT2D eigenvalue weighted by atomic mass is 32.1. The second kappa shape index (κ2) is 7.31. The Morgan fingerprint density at radius 1 is 1.14 bits per heavy atom. The van der Waals surface area contributed by atoms with E-state index in [4.69, 9.17) is 9.47 Å². The first-order valence-electron chi connectivity index (χ1n) is 7.49. The SMILES string of the molecule is O=C(CCc1cccs1)NCCc1ccc2c(c1)OCCO2. The van der Waals surface area contributed by atoms with Crippen molar-refractivity contribution in [2.45, 2.75) is 19.3 Å². The van der Waals surface area contributed by atoms with E-state index in [0.29, 0.717) is 26.2 Å². The lowest BCUT2D eigenvalue weighted by atomic mass is 10.1. The molecule has 22 heavy (non-hydrogen) atoms. The zero-order valence-corrected chi connectivity index (χ0v) is 13.2. The fraction of sp³-hybridized carbons (Fsp3) is 0.353. The molecule has 1 aromatic carbocycles. The Bertz CT molecular complexity index is 625. The van der Waals surface area contributed by atoms with Crippen molar-refractivity contribution in [2.24, 2.45) is 0 Å². The average Bonchev–Trinajstić information content (AvgIpc) is 3.06. The van der Waals surface area contributed by atoms with E-state index in [0.717, 1.165) is 29.9 Å². The van der Waals surface area contributed by atoms with Gasteiger partial charge in [0.25, 0.3) is 0 Å². The van der Waals surface area contributed by atoms with Gasteiger partial charge in [-0.2, -0.15) is 0 Å². The zero-order chi connectivity index (χ0) is 15.2. The molecule has 4 nitrogen and oxygen atoms in total. The van der Waals surface area contributed by atoms with Crippen LogP contribution < -0.4 is 14.8 Å². The lowest BCUT2D eigenvalue weighted by molar-refractivity contribution is -0.121. The van der Waals surface area contributed by atoms with Gasteiger partial charge in [-0.15, -0.1) is 11.3 Å². The van der Waals surface area contributed by atoms with Crippen LogP contribution in [0, 0.1) is 0 Å². The standard InChI is InChI=1S/C17H19NO3S/c19-17(6-4-14-2-1-11-22-14)18-8-7-13-3-5-15-16(12-13)21-10-9-20-15/h1-3,5,11-12H,4,6-10H2,(H,18,19). The van der Waals surface area contributed by atoms with Crippen molar-refractivity contribution in [3.63, 3.8) is 0 Å². The zero-order valence-electron chi connectivity index (χ0n) is 12.3. The molecule has 0 saturated heterocycles. The van der Waals surface area contributed by atoms with Crippen LogP contribution in [0.5, 0.6) is 11.5 Å². The highest BCUT2D eigenvalue weighted by molar-refractivity contribution is 7.09. The van der Waals surface area contributed by atoms with Crippen molar-refractivity contribution >= 4 is 17.2 Å². The second-order valence-electron chi connectivity index (χ2n) is 5.16. The Kier molecular flexibility index (Phi) is 4.96. The molecule has 1 aromatic heterocycles. The van der Waals surface area contributed by atoms with E-state index in [9.17, 15) is 4.79 Å². The predicted octanol–water partition coefficient (Wildman–Crippen LogP) is 2.81. The molecule has 0 saturated carbocycles. The van der Waals surface area contributed by atoms with Gasteiger partial charge in [-0.1, -0.05) is 12.1 Å². The maximum absolute atomic E-state index is 11.8. The molecule has 0 radical (unpaired) electrons. The maximum Gasteiger partial charge on any atom is 0.220 e. The lowest BCUT2D eigenvalue weighted by Crippen LogP contribution is -2.25. The molecular weight excluding hydrogens is 298 g/mol. The van der Waals surface area contributed by atoms with Gasteiger partial charge >= 0.3 is 0 Å². The van der Waals surface area contributed by atoms with Crippen LogP contribution in [0.4, 0.5) is 0 Å². The van der Waals surface area contributed by atoms with Crippen LogP contribution in [0.2, 0.25) is 0 Å². The highest BCUT2D eigenvalue weighted by Crippen LogP contribution is 2.30. The molecule has 3 rings (SSSR count). The van der Waals surface area contributed by atoms with E-state index in [-0.39, 0.29) is 5.91 Å². The number of amides is 1. The van der Waals surface area contributed by atoms with Crippen LogP contribution in [0.15, 0.2) is 35.7 Å². The minimum Gasteiger partial charge on any atom is -0.486 e. The predicted molar refractivity (Wildman–Crippen MR) is 86.8 cm³/mol. The molecule has 2 heterocycles. The number of hydrogen-bond donors (Lipinski definition) is 1. The lowest BCUT2D eigenvalue weighted by Gasteiger charge is -2.18. The molecule has 0 aliphatic carbocycles. The quantitative estimate of drug-likeness (QED) is 0.891. The van der Waals surface area contributed by atoms with E-state index in [1.807, 2.05) is 29.6 Å². The highest BCUT2D eigenvalue weighted by Gasteiger charge is 2.11. The van der Waals surface area contributed by atoms with Crippen LogP contribution in [-0.4, -0.2) is 25.7 Å². The first-order valence-corrected chi connectivity index (χ1v) is 8.37. The topological polar surface area (TPSA) is 47.6 Å². The third-order valence-corrected chi connectivity index (χ3v) is 4.46. The molecule has 0 bridgehead atoms. The molecule has 1 amide bonds. The van der Waals surface area contributed by atoms with Crippen LogP contribution in [0.1, 0.15) is 16.9 Å². The molecule has 2 aromatic rings. The van der Waals surface area contributed by atoms with Crippen molar-refractivity contribution in [3.8, 4) is 11.5 Å². The first-order chi connectivity index (χ1) is 10.8. The number of benzene rings is 1. The van der Waals surface area contributed by atoms with Crippen molar-refractivity contribution < 1.29 is 14.3 Å². The Balaban J connectivity index is 1.41. The monoisotopic (exact) mass is 317 g/mol. The van der Waals surface area contributed by atoms with E-state index in [2.05, 4.69) is 11.4 Å². The normalized spacial score (nSPS) is 12.9. The van der Waals surface area contributed by atoms with Gasteiger partial charge in [-0.3, -0.25) is 4.79 Å². The van der Waals surface area contributed by atoms with Crippen LogP contribution in [-0.2, 0) is 17.6 Å². The third-order valence-electron chi connectivity index (χ3n) is 3.52. The van der Waals surface area contributed by atoms with Crippen molar-refractivity contribution in [2.75, 3.05) is 19.8 Å². The van der Waals surface area contributed by atoms with Gasteiger partial charge < -0.3 is 14.8 Å². The number of rotatable bonds is 6. The summed E-state index contributed by atoms with van der Waals surface area (Å²) < 4.78 is 11.1. The van der Waals surface area contributed by atoms with Gasteiger partial charge in [0.15, 0.2) is 11.5 Å².